The summed E-state index contributed by atoms with van der Waals surface area (Å²) < 4.78 is 0. The Bertz CT molecular complexity index is 2570. The molecule has 0 bridgehead atoms. The minimum Gasteiger partial charge on any atom is -0.265 e. The number of nitrogens with zero attached hydrogens (tertiary/aromatic N) is 8. The smallest absolute Gasteiger partial charge is 0.164 e. The highest BCUT2D eigenvalue weighted by molar-refractivity contribution is 6.27. The van der Waals surface area contributed by atoms with Crippen LogP contribution in [0.2, 0.25) is 0 Å². The van der Waals surface area contributed by atoms with Crippen LogP contribution in [0.1, 0.15) is 0 Å². The normalized spacial score (nSPS) is 11.5. The van der Waals surface area contributed by atoms with E-state index in [9.17, 15) is 0 Å². The zero-order valence-corrected chi connectivity index (χ0v) is 27.6. The van der Waals surface area contributed by atoms with Crippen LogP contribution in [0.3, 0.4) is 0 Å². The van der Waals surface area contributed by atoms with Crippen molar-refractivity contribution in [2.75, 3.05) is 0 Å². The number of pyridine rings is 2. The van der Waals surface area contributed by atoms with Crippen LogP contribution in [-0.2, 0) is 0 Å². The Hall–Kier alpha value is -7.32. The van der Waals surface area contributed by atoms with Crippen molar-refractivity contribution >= 4 is 32.3 Å². The summed E-state index contributed by atoms with van der Waals surface area (Å²) in [4.78, 5) is 38.4. The van der Waals surface area contributed by atoms with Gasteiger partial charge in [0.2, 0.25) is 0 Å². The first-order valence-corrected chi connectivity index (χ1v) is 16.9. The largest absolute Gasteiger partial charge is 0.265 e. The molecule has 10 rings (SSSR count). The maximum Gasteiger partial charge on any atom is 0.164 e. The van der Waals surface area contributed by atoms with Crippen LogP contribution in [0.15, 0.2) is 158 Å². The van der Waals surface area contributed by atoms with Gasteiger partial charge in [0.1, 0.15) is 0 Å². The first-order chi connectivity index (χ1) is 25.8. The van der Waals surface area contributed by atoms with Crippen LogP contribution in [0.25, 0.3) is 101 Å². The van der Waals surface area contributed by atoms with E-state index in [2.05, 4.69) is 58.5 Å². The maximum atomic E-state index is 5.05. The Morgan fingerprint density at radius 3 is 0.981 bits per heavy atom. The van der Waals surface area contributed by atoms with Crippen molar-refractivity contribution in [3.63, 3.8) is 0 Å². The van der Waals surface area contributed by atoms with Crippen molar-refractivity contribution in [2.45, 2.75) is 0 Å². The van der Waals surface area contributed by atoms with Gasteiger partial charge in [-0.25, -0.2) is 29.9 Å². The predicted octanol–water partition coefficient (Wildman–Crippen LogP) is 9.75. The van der Waals surface area contributed by atoms with Crippen molar-refractivity contribution < 1.29 is 0 Å². The van der Waals surface area contributed by atoms with Gasteiger partial charge in [0, 0.05) is 58.2 Å². The second kappa shape index (κ2) is 12.2. The molecule has 0 N–H and O–H groups in total. The van der Waals surface area contributed by atoms with Crippen LogP contribution < -0.4 is 0 Å². The molecule has 0 atom stereocenters. The summed E-state index contributed by atoms with van der Waals surface area (Å²) in [5.74, 6) is 3.61. The van der Waals surface area contributed by atoms with Crippen molar-refractivity contribution in [3.8, 4) is 68.3 Å². The van der Waals surface area contributed by atoms with Gasteiger partial charge in [0.05, 0.1) is 0 Å². The Morgan fingerprint density at radius 1 is 0.269 bits per heavy atom. The molecule has 10 aromatic rings. The van der Waals surface area contributed by atoms with E-state index >= 15 is 0 Å². The van der Waals surface area contributed by atoms with Gasteiger partial charge in [-0.1, -0.05) is 97.1 Å². The molecule has 0 amide bonds. The number of hydrogen-bond donors (Lipinski definition) is 0. The fraction of sp³-hybridized carbons (Fsp3) is 0. The Kier molecular flexibility index (Phi) is 6.95. The van der Waals surface area contributed by atoms with Gasteiger partial charge in [-0.05, 0) is 68.7 Å². The summed E-state index contributed by atoms with van der Waals surface area (Å²) >= 11 is 0. The Labute approximate surface area is 298 Å². The summed E-state index contributed by atoms with van der Waals surface area (Å²) in [6.07, 6.45) is 7.02. The second-order valence-electron chi connectivity index (χ2n) is 12.5. The van der Waals surface area contributed by atoms with Crippen LogP contribution in [0.5, 0.6) is 0 Å². The van der Waals surface area contributed by atoms with E-state index in [1.807, 2.05) is 84.9 Å². The van der Waals surface area contributed by atoms with Gasteiger partial charge in [-0.3, -0.25) is 9.97 Å². The fourth-order valence-corrected chi connectivity index (χ4v) is 6.88. The molecule has 4 aromatic heterocycles. The van der Waals surface area contributed by atoms with Gasteiger partial charge in [-0.15, -0.1) is 0 Å². The lowest BCUT2D eigenvalue weighted by Gasteiger charge is -2.16. The zero-order chi connectivity index (χ0) is 34.4. The molecule has 0 radical (unpaired) electrons. The van der Waals surface area contributed by atoms with Crippen LogP contribution in [0.4, 0.5) is 0 Å². The summed E-state index contributed by atoms with van der Waals surface area (Å²) in [6.45, 7) is 0. The van der Waals surface area contributed by atoms with Crippen LogP contribution in [0, 0.1) is 0 Å². The standard InChI is InChI=1S/C44H26N8/c1-3-7-29(8-4-1)39-47-41(31-19-23-45-24-20-31)51-43(49-39)35-17-13-27-12-16-34-36(18-14-28-11-15-33(35)37(27)38(28)34)44-50-40(30-9-5-2-6-10-30)48-42(52-44)32-21-25-46-26-22-32/h1-26H. The maximum absolute atomic E-state index is 5.05. The van der Waals surface area contributed by atoms with Gasteiger partial charge in [-0.2, -0.15) is 0 Å². The third-order valence-corrected chi connectivity index (χ3v) is 9.36. The second-order valence-corrected chi connectivity index (χ2v) is 12.5. The van der Waals surface area contributed by atoms with Gasteiger partial charge >= 0.3 is 0 Å². The Balaban J connectivity index is 1.20. The number of benzene rings is 6. The van der Waals surface area contributed by atoms with E-state index in [0.717, 1.165) is 65.7 Å². The summed E-state index contributed by atoms with van der Waals surface area (Å²) in [7, 11) is 0. The van der Waals surface area contributed by atoms with E-state index in [-0.39, 0.29) is 0 Å². The highest BCUT2D eigenvalue weighted by Gasteiger charge is 2.20. The number of aromatic nitrogens is 8. The lowest BCUT2D eigenvalue weighted by atomic mass is 9.89. The lowest BCUT2D eigenvalue weighted by Crippen LogP contribution is -2.01. The van der Waals surface area contributed by atoms with Crippen molar-refractivity contribution in [1.29, 1.82) is 0 Å². The molecule has 0 unspecified atom stereocenters. The molecule has 0 aliphatic heterocycles. The lowest BCUT2D eigenvalue weighted by molar-refractivity contribution is 1.07. The van der Waals surface area contributed by atoms with Crippen LogP contribution in [-0.4, -0.2) is 39.9 Å². The molecule has 0 aliphatic carbocycles. The van der Waals surface area contributed by atoms with E-state index in [4.69, 9.17) is 29.9 Å². The third kappa shape index (κ3) is 5.09. The topological polar surface area (TPSA) is 103 Å². The predicted molar refractivity (Wildman–Crippen MR) is 205 cm³/mol. The van der Waals surface area contributed by atoms with E-state index in [0.29, 0.717) is 34.9 Å². The molecule has 52 heavy (non-hydrogen) atoms. The minimum absolute atomic E-state index is 0.591. The first-order valence-electron chi connectivity index (χ1n) is 16.9. The highest BCUT2D eigenvalue weighted by Crippen LogP contribution is 2.42. The molecule has 4 heterocycles. The monoisotopic (exact) mass is 666 g/mol. The molecule has 0 spiro atoms. The molecule has 6 aromatic carbocycles. The van der Waals surface area contributed by atoms with E-state index in [1.54, 1.807) is 24.8 Å². The summed E-state index contributed by atoms with van der Waals surface area (Å²) in [6, 6.07) is 44.9. The SMILES string of the molecule is c1ccc(-c2nc(-c3ccncc3)nc(-c3ccc4ccc5c(-c6nc(-c7ccccc7)nc(-c7ccncc7)n6)ccc6ccc3c4c65)n2)cc1. The average Bonchev–Trinajstić information content (AvgIpc) is 3.23. The van der Waals surface area contributed by atoms with Gasteiger partial charge < -0.3 is 0 Å². The molecule has 0 aliphatic rings. The molecular formula is C44H26N8. The third-order valence-electron chi connectivity index (χ3n) is 9.36. The van der Waals surface area contributed by atoms with Gasteiger partial charge in [0.25, 0.3) is 0 Å². The minimum atomic E-state index is 0.591. The van der Waals surface area contributed by atoms with E-state index in [1.165, 1.54) is 0 Å². The molecule has 0 saturated heterocycles. The Morgan fingerprint density at radius 2 is 0.596 bits per heavy atom. The summed E-state index contributed by atoms with van der Waals surface area (Å²) in [5, 5.41) is 6.62. The molecular weight excluding hydrogens is 641 g/mol. The van der Waals surface area contributed by atoms with Crippen molar-refractivity contribution in [3.05, 3.63) is 158 Å². The first kappa shape index (κ1) is 29.6. The molecule has 8 heteroatoms. The molecule has 8 nitrogen and oxygen atoms in total. The van der Waals surface area contributed by atoms with E-state index < -0.39 is 0 Å². The van der Waals surface area contributed by atoms with Gasteiger partial charge in [0.15, 0.2) is 34.9 Å². The van der Waals surface area contributed by atoms with Crippen molar-refractivity contribution in [1.82, 2.24) is 39.9 Å². The fourth-order valence-electron chi connectivity index (χ4n) is 6.88. The van der Waals surface area contributed by atoms with Crippen LogP contribution >= 0.6 is 0 Å². The average molecular weight is 667 g/mol. The molecule has 242 valence electrons. The quantitative estimate of drug-likeness (QED) is 0.162. The zero-order valence-electron chi connectivity index (χ0n) is 27.6. The summed E-state index contributed by atoms with van der Waals surface area (Å²) in [5.41, 5.74) is 5.43. The number of rotatable bonds is 6. The molecule has 0 fully saturated rings. The number of hydrogen-bond acceptors (Lipinski definition) is 8. The van der Waals surface area contributed by atoms with Crippen molar-refractivity contribution in [2.24, 2.45) is 0 Å². The molecule has 0 saturated carbocycles. The highest BCUT2D eigenvalue weighted by atomic mass is 15.0.